The first-order valence-corrected chi connectivity index (χ1v) is 14.0. The predicted molar refractivity (Wildman–Crippen MR) is 155 cm³/mol. The molecule has 0 aliphatic carbocycles. The molecule has 0 aliphatic rings. The van der Waals surface area contributed by atoms with Crippen molar-refractivity contribution in [3.63, 3.8) is 0 Å². The van der Waals surface area contributed by atoms with Crippen LogP contribution in [0.2, 0.25) is 5.02 Å². The van der Waals surface area contributed by atoms with Gasteiger partial charge in [0.1, 0.15) is 24.5 Å². The topological polar surface area (TPSA) is 118 Å². The zero-order valence-corrected chi connectivity index (χ0v) is 23.5. The van der Waals surface area contributed by atoms with E-state index in [2.05, 4.69) is 25.9 Å². The monoisotopic (exact) mass is 560 g/mol. The van der Waals surface area contributed by atoms with Crippen LogP contribution in [0.15, 0.2) is 48.8 Å². The van der Waals surface area contributed by atoms with Crippen molar-refractivity contribution in [3.8, 4) is 5.75 Å². The summed E-state index contributed by atoms with van der Waals surface area (Å²) in [6, 6.07) is 9.03. The number of anilines is 4. The molecule has 1 unspecified atom stereocenters. The van der Waals surface area contributed by atoms with Crippen LogP contribution in [-0.4, -0.2) is 84.5 Å². The van der Waals surface area contributed by atoms with Gasteiger partial charge in [-0.25, -0.2) is 9.97 Å². The Kier molecular flexibility index (Phi) is 11.3. The maximum absolute atomic E-state index is 12.6. The number of halogens is 1. The van der Waals surface area contributed by atoms with Gasteiger partial charge in [-0.1, -0.05) is 17.7 Å². The van der Waals surface area contributed by atoms with Gasteiger partial charge in [-0.3, -0.25) is 9.00 Å². The van der Waals surface area contributed by atoms with Crippen molar-refractivity contribution in [1.82, 2.24) is 14.9 Å². The zero-order chi connectivity index (χ0) is 27.5. The van der Waals surface area contributed by atoms with Crippen molar-refractivity contribution in [2.45, 2.75) is 0 Å². The number of nitrogens with one attached hydrogen (secondary N) is 3. The number of carbonyl (C=O) groups is 1. The molecule has 0 fully saturated rings. The number of likely N-dealkylation sites (N-methyl/N-ethyl adjacent to an activating group) is 1. The molecular formula is C26H33ClN6O4S. The lowest BCUT2D eigenvalue weighted by Gasteiger charge is -2.15. The van der Waals surface area contributed by atoms with E-state index in [1.165, 1.54) is 12.4 Å². The molecule has 2 aromatic carbocycles. The first-order chi connectivity index (χ1) is 18.3. The molecule has 38 heavy (non-hydrogen) atoms. The molecular weight excluding hydrogens is 528 g/mol. The molecule has 3 aromatic rings. The third-order valence-corrected chi connectivity index (χ3v) is 6.31. The summed E-state index contributed by atoms with van der Waals surface area (Å²) in [7, 11) is 4.56. The van der Waals surface area contributed by atoms with Gasteiger partial charge in [0.25, 0.3) is 0 Å². The Morgan fingerprint density at radius 2 is 1.97 bits per heavy atom. The molecule has 3 N–H and O–H groups in total. The number of ether oxygens (including phenoxy) is 2. The van der Waals surface area contributed by atoms with Gasteiger partial charge in [0, 0.05) is 66.2 Å². The molecule has 1 aromatic heterocycles. The van der Waals surface area contributed by atoms with Gasteiger partial charge in [-0.05, 0) is 38.4 Å². The van der Waals surface area contributed by atoms with Crippen molar-refractivity contribution in [2.75, 3.05) is 75.5 Å². The van der Waals surface area contributed by atoms with E-state index in [-0.39, 0.29) is 5.91 Å². The van der Waals surface area contributed by atoms with E-state index in [9.17, 15) is 9.00 Å². The van der Waals surface area contributed by atoms with Gasteiger partial charge in [-0.15, -0.1) is 0 Å². The Hall–Kier alpha value is -3.25. The van der Waals surface area contributed by atoms with Gasteiger partial charge >= 0.3 is 0 Å². The van der Waals surface area contributed by atoms with Gasteiger partial charge in [-0.2, -0.15) is 0 Å². The molecule has 10 nitrogen and oxygen atoms in total. The highest BCUT2D eigenvalue weighted by molar-refractivity contribution is 7.84. The lowest BCUT2D eigenvalue weighted by atomic mass is 10.1. The minimum absolute atomic E-state index is 0.282. The third kappa shape index (κ3) is 8.95. The first kappa shape index (κ1) is 29.3. The zero-order valence-electron chi connectivity index (χ0n) is 21.9. The minimum atomic E-state index is -0.884. The number of nitrogens with zero attached hydrogens (tertiary/aromatic N) is 3. The van der Waals surface area contributed by atoms with Crippen LogP contribution >= 0.6 is 11.6 Å². The molecule has 0 saturated heterocycles. The molecule has 1 atom stereocenters. The van der Waals surface area contributed by atoms with Crippen LogP contribution in [0.3, 0.4) is 0 Å². The number of methoxy groups -OCH3 is 1. The van der Waals surface area contributed by atoms with Crippen LogP contribution in [0, 0.1) is 0 Å². The Morgan fingerprint density at radius 3 is 2.68 bits per heavy atom. The second-order valence-corrected chi connectivity index (χ2v) is 10.6. The average molecular weight is 561 g/mol. The maximum atomic E-state index is 12.6. The Morgan fingerprint density at radius 1 is 1.16 bits per heavy atom. The van der Waals surface area contributed by atoms with Crippen LogP contribution in [-0.2, 0) is 20.3 Å². The molecule has 204 valence electrons. The van der Waals surface area contributed by atoms with E-state index in [4.69, 9.17) is 21.1 Å². The lowest BCUT2D eigenvalue weighted by molar-refractivity contribution is -0.111. The van der Waals surface area contributed by atoms with Gasteiger partial charge < -0.3 is 30.3 Å². The highest BCUT2D eigenvalue weighted by Crippen LogP contribution is 2.34. The van der Waals surface area contributed by atoms with E-state index >= 15 is 0 Å². The Labute approximate surface area is 230 Å². The van der Waals surface area contributed by atoms with Crippen molar-refractivity contribution in [2.24, 2.45) is 0 Å². The number of aromatic nitrogens is 2. The smallest absolute Gasteiger partial charge is 0.248 e. The lowest BCUT2D eigenvalue weighted by Crippen LogP contribution is -2.14. The van der Waals surface area contributed by atoms with Crippen molar-refractivity contribution in [3.05, 3.63) is 53.8 Å². The van der Waals surface area contributed by atoms with E-state index < -0.39 is 10.8 Å². The van der Waals surface area contributed by atoms with Crippen molar-refractivity contribution < 1.29 is 18.5 Å². The van der Waals surface area contributed by atoms with Crippen LogP contribution in [0.5, 0.6) is 5.75 Å². The second-order valence-electron chi connectivity index (χ2n) is 8.61. The summed E-state index contributed by atoms with van der Waals surface area (Å²) in [5, 5.41) is 10.6. The van der Waals surface area contributed by atoms with Crippen LogP contribution in [0.25, 0.3) is 10.9 Å². The number of fused-ring (bicyclic) bond motifs is 1. The van der Waals surface area contributed by atoms with Crippen LogP contribution in [0.4, 0.5) is 22.9 Å². The number of hydrogen-bond donors (Lipinski definition) is 3. The molecule has 0 spiro atoms. The summed E-state index contributed by atoms with van der Waals surface area (Å²) in [5.41, 5.74) is 2.59. The summed E-state index contributed by atoms with van der Waals surface area (Å²) in [5.74, 6) is 1.26. The number of benzene rings is 2. The molecule has 1 heterocycles. The molecule has 12 heteroatoms. The van der Waals surface area contributed by atoms with E-state index in [0.29, 0.717) is 65.2 Å². The number of hydrogen-bond acceptors (Lipinski definition) is 9. The van der Waals surface area contributed by atoms with E-state index in [1.54, 1.807) is 37.6 Å². The molecule has 0 saturated carbocycles. The fourth-order valence-electron chi connectivity index (χ4n) is 3.38. The Bertz CT molecular complexity index is 1300. The summed E-state index contributed by atoms with van der Waals surface area (Å²) in [6.45, 7) is 1.90. The first-order valence-electron chi connectivity index (χ1n) is 11.9. The Balaban J connectivity index is 1.88. The van der Waals surface area contributed by atoms with E-state index in [0.717, 1.165) is 11.4 Å². The highest BCUT2D eigenvalue weighted by Gasteiger charge is 2.14. The summed E-state index contributed by atoms with van der Waals surface area (Å²) < 4.78 is 22.3. The molecule has 3 rings (SSSR count). The van der Waals surface area contributed by atoms with Gasteiger partial charge in [0.2, 0.25) is 5.91 Å². The summed E-state index contributed by atoms with van der Waals surface area (Å²) in [6.07, 6.45) is 6.38. The van der Waals surface area contributed by atoms with E-state index in [1.807, 2.05) is 31.1 Å². The summed E-state index contributed by atoms with van der Waals surface area (Å²) >= 11 is 6.46. The third-order valence-electron chi connectivity index (χ3n) is 5.22. The summed E-state index contributed by atoms with van der Waals surface area (Å²) in [4.78, 5) is 23.3. The number of carbonyl (C=O) groups excluding carboxylic acids is 1. The maximum Gasteiger partial charge on any atom is 0.248 e. The van der Waals surface area contributed by atoms with Gasteiger partial charge in [0.15, 0.2) is 0 Å². The largest absolute Gasteiger partial charge is 0.489 e. The number of rotatable bonds is 14. The quantitative estimate of drug-likeness (QED) is 0.199. The van der Waals surface area contributed by atoms with Gasteiger partial charge in [0.05, 0.1) is 28.5 Å². The fraction of sp³-hybridized carbons (Fsp3) is 0.346. The minimum Gasteiger partial charge on any atom is -0.489 e. The number of amides is 1. The molecule has 0 bridgehead atoms. The SMILES string of the molecule is COCCOc1cc2ncnc(Nc3ccc(NCCS(C)=O)c(Cl)c3)c2cc1NC(=O)/C=C/CN(C)C. The standard InChI is InChI=1S/C26H33ClN6O4S/c1-33(2)10-5-6-25(34)32-23-15-19-22(16-24(23)37-12-11-36-3)29-17-30-26(19)31-18-7-8-21(20(27)14-18)28-9-13-38(4)35/h5-8,14-17,28H,9-13H2,1-4H3,(H,32,34)(H,29,30,31)/b6-5+. The predicted octanol–water partition coefficient (Wildman–Crippen LogP) is 3.90. The van der Waals surface area contributed by atoms with Crippen molar-refractivity contribution in [1.29, 1.82) is 0 Å². The fourth-order valence-corrected chi connectivity index (χ4v) is 4.02. The van der Waals surface area contributed by atoms with Crippen LogP contribution < -0.4 is 20.7 Å². The van der Waals surface area contributed by atoms with Crippen molar-refractivity contribution >= 4 is 62.1 Å². The highest BCUT2D eigenvalue weighted by atomic mass is 35.5. The van der Waals surface area contributed by atoms with Crippen LogP contribution in [0.1, 0.15) is 0 Å². The molecule has 1 amide bonds. The molecule has 0 aliphatic heterocycles. The normalized spacial score (nSPS) is 12.2. The molecule has 0 radical (unpaired) electrons. The second kappa shape index (κ2) is 14.6. The average Bonchev–Trinajstić information content (AvgIpc) is 2.85.